The molecule has 0 unspecified atom stereocenters. The molecule has 0 spiro atoms. The molecule has 4 rings (SSSR count). The molecule has 4 heterocycles. The van der Waals surface area contributed by atoms with Gasteiger partial charge >= 0.3 is 13.3 Å². The van der Waals surface area contributed by atoms with E-state index in [1.54, 1.807) is 11.5 Å². The van der Waals surface area contributed by atoms with Gasteiger partial charge in [-0.15, -0.1) is 0 Å². The Bertz CT molecular complexity index is 1440. The molecule has 18 nitrogen and oxygen atoms in total. The lowest BCUT2D eigenvalue weighted by atomic mass is 10.1. The van der Waals surface area contributed by atoms with Crippen molar-refractivity contribution in [3.63, 3.8) is 0 Å². The molecule has 3 aromatic rings. The third-order valence-electron chi connectivity index (χ3n) is 5.21. The highest BCUT2D eigenvalue weighted by Crippen LogP contribution is 2.33. The van der Waals surface area contributed by atoms with Crippen LogP contribution in [0.25, 0.3) is 21.6 Å². The summed E-state index contributed by atoms with van der Waals surface area (Å²) in [5.41, 5.74) is 14.4. The topological polar surface area (TPSA) is 269 Å². The van der Waals surface area contributed by atoms with E-state index in [1.165, 1.54) is 23.4 Å². The second-order valence-electron chi connectivity index (χ2n) is 7.87. The zero-order chi connectivity index (χ0) is 27.2. The third-order valence-corrected chi connectivity index (χ3v) is 5.72. The molecule has 1 aliphatic rings. The van der Waals surface area contributed by atoms with E-state index in [1.807, 2.05) is 0 Å². The Hall–Kier alpha value is -3.63. The quantitative estimate of drug-likeness (QED) is 0.0785. The first-order valence-corrected chi connectivity index (χ1v) is 12.5. The van der Waals surface area contributed by atoms with E-state index in [-0.39, 0.29) is 25.5 Å². The van der Waals surface area contributed by atoms with Gasteiger partial charge in [-0.3, -0.25) is 18.9 Å². The zero-order valence-electron chi connectivity index (χ0n) is 19.5. The van der Waals surface area contributed by atoms with Crippen LogP contribution >= 0.6 is 7.60 Å². The van der Waals surface area contributed by atoms with Gasteiger partial charge in [0.2, 0.25) is 0 Å². The van der Waals surface area contributed by atoms with Gasteiger partial charge in [0.15, 0.2) is 11.5 Å². The van der Waals surface area contributed by atoms with E-state index in [4.69, 9.17) is 35.6 Å². The average molecular weight is 540 g/mol. The number of hydrogen-bond donors (Lipinski definition) is 5. The van der Waals surface area contributed by atoms with Crippen molar-refractivity contribution < 1.29 is 28.9 Å². The Morgan fingerprint density at radius 1 is 1.38 bits per heavy atom. The lowest BCUT2D eigenvalue weighted by Crippen LogP contribution is -2.33. The summed E-state index contributed by atoms with van der Waals surface area (Å²) < 4.78 is 23.8. The van der Waals surface area contributed by atoms with Crippen molar-refractivity contribution in [3.05, 3.63) is 55.7 Å². The molecule has 200 valence electrons. The lowest BCUT2D eigenvalue weighted by Gasteiger charge is -2.14. The molecule has 3 atom stereocenters. The van der Waals surface area contributed by atoms with Crippen LogP contribution in [0.15, 0.2) is 33.6 Å². The van der Waals surface area contributed by atoms with Crippen LogP contribution in [-0.2, 0) is 20.6 Å². The number of nitrogen functional groups attached to an aromatic ring is 1. The van der Waals surface area contributed by atoms with Crippen LogP contribution < -0.4 is 17.0 Å². The summed E-state index contributed by atoms with van der Waals surface area (Å²) in [6.45, 7) is 1.77. The first-order chi connectivity index (χ1) is 17.5. The monoisotopic (exact) mass is 540 g/mol. The molecular weight excluding hydrogens is 515 g/mol. The molecule has 0 aliphatic carbocycles. The summed E-state index contributed by atoms with van der Waals surface area (Å²) in [5.74, 6) is 0.287. The maximum Gasteiger partial charge on any atom is 0.350 e. The van der Waals surface area contributed by atoms with Gasteiger partial charge in [-0.25, -0.2) is 19.7 Å². The first kappa shape index (κ1) is 27.9. The molecule has 0 amide bonds. The Morgan fingerprint density at radius 2 is 2.14 bits per heavy atom. The lowest BCUT2D eigenvalue weighted by molar-refractivity contribution is -0.0271. The van der Waals surface area contributed by atoms with E-state index < -0.39 is 43.6 Å². The van der Waals surface area contributed by atoms with Gasteiger partial charge in [-0.2, -0.15) is 0 Å². The molecule has 37 heavy (non-hydrogen) atoms. The largest absolute Gasteiger partial charge is 0.394 e. The Kier molecular flexibility index (Phi) is 9.12. The summed E-state index contributed by atoms with van der Waals surface area (Å²) >= 11 is 0. The van der Waals surface area contributed by atoms with Gasteiger partial charge in [-0.05, 0) is 12.5 Å². The summed E-state index contributed by atoms with van der Waals surface area (Å²) in [5, 5.41) is 12.7. The maximum atomic E-state index is 11.7. The highest BCUT2D eigenvalue weighted by atomic mass is 31.2. The smallest absolute Gasteiger partial charge is 0.350 e. The number of nitrogens with two attached hydrogens (primary N) is 1. The fourth-order valence-corrected chi connectivity index (χ4v) is 3.81. The number of anilines is 1. The Morgan fingerprint density at radius 3 is 2.81 bits per heavy atom. The van der Waals surface area contributed by atoms with Crippen LogP contribution in [0.3, 0.4) is 0 Å². The van der Waals surface area contributed by atoms with Gasteiger partial charge in [0, 0.05) is 29.6 Å². The van der Waals surface area contributed by atoms with Crippen molar-refractivity contribution in [1.82, 2.24) is 29.1 Å². The molecule has 0 saturated carbocycles. The number of nitrogens with zero attached hydrogens (tertiary/aromatic N) is 8. The van der Waals surface area contributed by atoms with Crippen molar-refractivity contribution in [2.45, 2.75) is 38.3 Å². The Labute approximate surface area is 207 Å². The second-order valence-corrected chi connectivity index (χ2v) is 9.46. The third kappa shape index (κ3) is 7.21. The van der Waals surface area contributed by atoms with Crippen LogP contribution in [0, 0.1) is 6.92 Å². The van der Waals surface area contributed by atoms with Crippen molar-refractivity contribution in [2.75, 3.05) is 25.3 Å². The summed E-state index contributed by atoms with van der Waals surface area (Å²) in [6.07, 6.45) is 2.58. The van der Waals surface area contributed by atoms with Gasteiger partial charge in [-0.1, -0.05) is 5.11 Å². The number of aromatic nitrogens is 6. The number of nitrogens with one attached hydrogen (secondary N) is 1. The number of azide groups is 1. The first-order valence-electron chi connectivity index (χ1n) is 10.7. The van der Waals surface area contributed by atoms with Gasteiger partial charge in [0.25, 0.3) is 5.56 Å². The molecule has 19 heteroatoms. The number of imidazole rings is 1. The maximum absolute atomic E-state index is 11.7. The minimum absolute atomic E-state index is 0.139. The molecule has 1 aliphatic heterocycles. The molecule has 6 N–H and O–H groups in total. The average Bonchev–Trinajstić information content (AvgIpc) is 3.44. The highest BCUT2D eigenvalue weighted by molar-refractivity contribution is 7.51. The molecule has 0 aromatic carbocycles. The van der Waals surface area contributed by atoms with Crippen LogP contribution in [0.4, 0.5) is 5.82 Å². The number of rotatable bonds is 8. The zero-order valence-corrected chi connectivity index (χ0v) is 20.4. The van der Waals surface area contributed by atoms with Crippen molar-refractivity contribution in [3.8, 4) is 0 Å². The van der Waals surface area contributed by atoms with E-state index in [0.29, 0.717) is 23.3 Å². The van der Waals surface area contributed by atoms with E-state index in [2.05, 4.69) is 30.0 Å². The molecule has 1 fully saturated rings. The highest BCUT2D eigenvalue weighted by Gasteiger charge is 2.35. The number of aliphatic hydroxyl groups excluding tert-OH is 1. The molecule has 1 saturated heterocycles. The Balaban J connectivity index is 0.000000206. The van der Waals surface area contributed by atoms with E-state index in [9.17, 15) is 14.2 Å². The summed E-state index contributed by atoms with van der Waals surface area (Å²) in [6, 6.07) is -0.542. The van der Waals surface area contributed by atoms with Crippen molar-refractivity contribution >= 4 is 24.6 Å². The molecular formula is C18H25N10O8P. The van der Waals surface area contributed by atoms with Gasteiger partial charge < -0.3 is 34.7 Å². The number of fused-ring (bicyclic) bond motifs is 1. The summed E-state index contributed by atoms with van der Waals surface area (Å²) in [7, 11) is -4.12. The molecule has 0 radical (unpaired) electrons. The number of aromatic amines is 1. The fourth-order valence-electron chi connectivity index (χ4n) is 3.45. The number of aryl methyl sites for hydroxylation is 1. The van der Waals surface area contributed by atoms with E-state index in [0.717, 1.165) is 0 Å². The van der Waals surface area contributed by atoms with Crippen molar-refractivity contribution in [1.29, 1.82) is 0 Å². The predicted octanol–water partition coefficient (Wildman–Crippen LogP) is -0.636. The van der Waals surface area contributed by atoms with Crippen LogP contribution in [-0.4, -0.2) is 75.7 Å². The van der Waals surface area contributed by atoms with Crippen LogP contribution in [0.2, 0.25) is 0 Å². The predicted molar refractivity (Wildman–Crippen MR) is 127 cm³/mol. The number of H-pyrrole nitrogens is 1. The van der Waals surface area contributed by atoms with Gasteiger partial charge in [0.1, 0.15) is 24.4 Å². The van der Waals surface area contributed by atoms with Crippen molar-refractivity contribution in [2.24, 2.45) is 5.11 Å². The SMILES string of the molecule is Cc1cn([C@H]2C[C@H](N=[N+]=[N-])[C@@H](CO)O2)c(=O)[nH]c1=O.Nc1ncnc2c1ncn2CCOCP(=O)(O)O. The normalized spacial score (nSPS) is 19.3. The second kappa shape index (κ2) is 12.1. The minimum Gasteiger partial charge on any atom is -0.394 e. The van der Waals surface area contributed by atoms with E-state index >= 15 is 0 Å². The number of hydrogen-bond acceptors (Lipinski definition) is 11. The van der Waals surface area contributed by atoms with Crippen LogP contribution in [0.5, 0.6) is 0 Å². The van der Waals surface area contributed by atoms with Gasteiger partial charge in [0.05, 0.1) is 31.7 Å². The van der Waals surface area contributed by atoms with Crippen LogP contribution in [0.1, 0.15) is 18.2 Å². The standard InChI is InChI=1S/C10H13N5O4.C8H12N5O4P/c1-5-3-15(10(18)12-9(5)17)8-2-6(13-14-11)7(4-16)19-8;9-7-6-8(11-3-10-7)13(4-12-6)1-2-17-5-18(14,15)16/h3,6-8,16H,2,4H2,1H3,(H,12,17,18);3-4H,1-2,5H2,(H2,9,10,11)(H2,14,15,16)/t6-,7+,8+;/m0./s1. The minimum atomic E-state index is -4.12. The number of ether oxygens (including phenoxy) is 2. The molecule has 0 bridgehead atoms. The number of aliphatic hydroxyl groups is 1. The fraction of sp³-hybridized carbons (Fsp3) is 0.500. The summed E-state index contributed by atoms with van der Waals surface area (Å²) in [4.78, 5) is 56.9. The molecule has 3 aromatic heterocycles.